The Morgan fingerprint density at radius 1 is 1.26 bits per heavy atom. The molecule has 1 atom stereocenters. The Morgan fingerprint density at radius 3 is 2.74 bits per heavy atom. The Balaban J connectivity index is 1.76. The summed E-state index contributed by atoms with van der Waals surface area (Å²) in [6, 6.07) is 7.24. The summed E-state index contributed by atoms with van der Waals surface area (Å²) in [5.41, 5.74) is 2.37. The Morgan fingerprint density at radius 2 is 2.04 bits per heavy atom. The summed E-state index contributed by atoms with van der Waals surface area (Å²) in [4.78, 5) is 28.6. The molecule has 4 rings (SSSR count). The van der Waals surface area contributed by atoms with Crippen LogP contribution in [-0.4, -0.2) is 48.5 Å². The number of benzene rings is 1. The lowest BCUT2D eigenvalue weighted by Gasteiger charge is -2.31. The molecule has 23 heavy (non-hydrogen) atoms. The third-order valence-corrected chi connectivity index (χ3v) is 4.80. The van der Waals surface area contributed by atoms with Crippen LogP contribution in [0.25, 0.3) is 0 Å². The number of methoxy groups -OCH3 is 1. The number of likely N-dealkylation sites (N-methyl/N-ethyl adjacent to an activating group) is 1. The van der Waals surface area contributed by atoms with E-state index in [2.05, 4.69) is 5.32 Å². The molecule has 0 radical (unpaired) electrons. The molecule has 0 spiro atoms. The fourth-order valence-corrected chi connectivity index (χ4v) is 3.34. The van der Waals surface area contributed by atoms with Crippen LogP contribution < -0.4 is 10.1 Å². The fourth-order valence-electron chi connectivity index (χ4n) is 3.34. The highest BCUT2D eigenvalue weighted by atomic mass is 16.5. The fraction of sp³-hybridized carbons (Fsp3) is 0.412. The van der Waals surface area contributed by atoms with E-state index >= 15 is 0 Å². The smallest absolute Gasteiger partial charge is 0.322 e. The van der Waals surface area contributed by atoms with Gasteiger partial charge in [-0.3, -0.25) is 9.69 Å². The van der Waals surface area contributed by atoms with Crippen LogP contribution in [0.3, 0.4) is 0 Å². The molecule has 0 bridgehead atoms. The van der Waals surface area contributed by atoms with Gasteiger partial charge in [-0.25, -0.2) is 4.79 Å². The third-order valence-electron chi connectivity index (χ3n) is 4.80. The van der Waals surface area contributed by atoms with Crippen molar-refractivity contribution in [2.24, 2.45) is 0 Å². The quantitative estimate of drug-likeness (QED) is 0.923. The van der Waals surface area contributed by atoms with E-state index in [4.69, 9.17) is 4.74 Å². The molecule has 1 N–H and O–H groups in total. The number of urea groups is 1. The van der Waals surface area contributed by atoms with Crippen LogP contribution in [0.15, 0.2) is 35.5 Å². The van der Waals surface area contributed by atoms with E-state index in [0.717, 1.165) is 24.1 Å². The van der Waals surface area contributed by atoms with Crippen molar-refractivity contribution in [1.82, 2.24) is 15.1 Å². The average molecular weight is 313 g/mol. The van der Waals surface area contributed by atoms with E-state index in [9.17, 15) is 9.59 Å². The first-order valence-electron chi connectivity index (χ1n) is 7.82. The van der Waals surface area contributed by atoms with Crippen molar-refractivity contribution in [3.05, 3.63) is 41.1 Å². The second kappa shape index (κ2) is 5.01. The van der Waals surface area contributed by atoms with E-state index in [1.165, 1.54) is 0 Å². The number of nitrogens with one attached hydrogen (secondary N) is 1. The zero-order valence-corrected chi connectivity index (χ0v) is 13.2. The molecule has 2 heterocycles. The number of rotatable bonds is 3. The van der Waals surface area contributed by atoms with Gasteiger partial charge < -0.3 is 15.0 Å². The predicted molar refractivity (Wildman–Crippen MR) is 83.8 cm³/mol. The first-order valence-corrected chi connectivity index (χ1v) is 7.82. The van der Waals surface area contributed by atoms with Crippen LogP contribution in [0.1, 0.15) is 24.4 Å². The van der Waals surface area contributed by atoms with Crippen molar-refractivity contribution < 1.29 is 14.3 Å². The topological polar surface area (TPSA) is 61.9 Å². The molecule has 3 aliphatic rings. The summed E-state index contributed by atoms with van der Waals surface area (Å²) in [5, 5.41) is 2.94. The lowest BCUT2D eigenvalue weighted by Crippen LogP contribution is -2.45. The maximum Gasteiger partial charge on any atom is 0.322 e. The monoisotopic (exact) mass is 313 g/mol. The molecule has 1 aromatic carbocycles. The average Bonchev–Trinajstić information content (AvgIpc) is 3.35. The number of ether oxygens (including phenoxy) is 1. The van der Waals surface area contributed by atoms with Crippen molar-refractivity contribution in [3.63, 3.8) is 0 Å². The lowest BCUT2D eigenvalue weighted by atomic mass is 9.95. The molecule has 120 valence electrons. The SMILES string of the molecule is COc1cccc([C@H]2NC(=O)N(C)C3=C2C(=O)N(C2CC2)C3)c1. The third kappa shape index (κ3) is 2.17. The molecule has 1 saturated carbocycles. The van der Waals surface area contributed by atoms with E-state index in [1.54, 1.807) is 19.1 Å². The number of amides is 3. The van der Waals surface area contributed by atoms with Gasteiger partial charge >= 0.3 is 6.03 Å². The minimum atomic E-state index is -0.417. The van der Waals surface area contributed by atoms with E-state index < -0.39 is 6.04 Å². The van der Waals surface area contributed by atoms with Crippen LogP contribution in [-0.2, 0) is 4.79 Å². The zero-order valence-electron chi connectivity index (χ0n) is 13.2. The Labute approximate surface area is 134 Å². The molecule has 3 amide bonds. The minimum Gasteiger partial charge on any atom is -0.497 e. The highest BCUT2D eigenvalue weighted by molar-refractivity contribution is 6.01. The van der Waals surface area contributed by atoms with Gasteiger partial charge in [0.05, 0.1) is 31.0 Å². The van der Waals surface area contributed by atoms with Crippen LogP contribution in [0.4, 0.5) is 4.79 Å². The summed E-state index contributed by atoms with van der Waals surface area (Å²) in [6.45, 7) is 0.531. The van der Waals surface area contributed by atoms with E-state index in [-0.39, 0.29) is 11.9 Å². The number of nitrogens with zero attached hydrogens (tertiary/aromatic N) is 2. The number of carbonyl (C=O) groups is 2. The van der Waals surface area contributed by atoms with Gasteiger partial charge in [0.15, 0.2) is 0 Å². The second-order valence-electron chi connectivity index (χ2n) is 6.24. The summed E-state index contributed by atoms with van der Waals surface area (Å²) in [5.74, 6) is 0.754. The summed E-state index contributed by atoms with van der Waals surface area (Å²) in [6.07, 6.45) is 2.11. The molecule has 1 aliphatic carbocycles. The Bertz CT molecular complexity index is 724. The zero-order chi connectivity index (χ0) is 16.1. The highest BCUT2D eigenvalue weighted by Crippen LogP contribution is 2.40. The van der Waals surface area contributed by atoms with Crippen LogP contribution in [0.5, 0.6) is 5.75 Å². The first kappa shape index (κ1) is 14.1. The molecular formula is C17H19N3O3. The van der Waals surface area contributed by atoms with Gasteiger partial charge in [0.1, 0.15) is 5.75 Å². The van der Waals surface area contributed by atoms with Crippen molar-refractivity contribution in [2.75, 3.05) is 20.7 Å². The Hall–Kier alpha value is -2.50. The van der Waals surface area contributed by atoms with E-state index in [1.807, 2.05) is 29.2 Å². The van der Waals surface area contributed by atoms with Crippen LogP contribution >= 0.6 is 0 Å². The van der Waals surface area contributed by atoms with Crippen LogP contribution in [0.2, 0.25) is 0 Å². The summed E-state index contributed by atoms with van der Waals surface area (Å²) in [7, 11) is 3.32. The second-order valence-corrected chi connectivity index (χ2v) is 6.24. The molecule has 1 aromatic rings. The molecule has 6 nitrogen and oxygen atoms in total. The molecule has 0 unspecified atom stereocenters. The molecule has 2 aliphatic heterocycles. The van der Waals surface area contributed by atoms with Gasteiger partial charge in [-0.15, -0.1) is 0 Å². The van der Waals surface area contributed by atoms with Crippen molar-refractivity contribution in [2.45, 2.75) is 24.9 Å². The number of hydrogen-bond acceptors (Lipinski definition) is 3. The molecule has 1 fully saturated rings. The van der Waals surface area contributed by atoms with Crippen molar-refractivity contribution in [1.29, 1.82) is 0 Å². The van der Waals surface area contributed by atoms with Gasteiger partial charge in [0.25, 0.3) is 5.91 Å². The molecule has 0 aromatic heterocycles. The van der Waals surface area contributed by atoms with Crippen molar-refractivity contribution >= 4 is 11.9 Å². The Kier molecular flexibility index (Phi) is 3.07. The summed E-state index contributed by atoms with van der Waals surface area (Å²) < 4.78 is 5.27. The van der Waals surface area contributed by atoms with Gasteiger partial charge in [-0.1, -0.05) is 12.1 Å². The van der Waals surface area contributed by atoms with Crippen LogP contribution in [0, 0.1) is 0 Å². The summed E-state index contributed by atoms with van der Waals surface area (Å²) >= 11 is 0. The standard InChI is InChI=1S/C17H19N3O3/c1-19-13-9-20(11-6-7-11)16(21)14(13)15(18-17(19)22)10-4-3-5-12(8-10)23-2/h3-5,8,11,15H,6-7,9H2,1-2H3,(H,18,22)/t15-/m1/s1. The molecular weight excluding hydrogens is 294 g/mol. The van der Waals surface area contributed by atoms with Gasteiger partial charge in [0.2, 0.25) is 0 Å². The van der Waals surface area contributed by atoms with Crippen molar-refractivity contribution in [3.8, 4) is 5.75 Å². The maximum atomic E-state index is 12.9. The van der Waals surface area contributed by atoms with E-state index in [0.29, 0.717) is 23.9 Å². The maximum absolute atomic E-state index is 12.9. The molecule has 6 heteroatoms. The minimum absolute atomic E-state index is 0.0437. The van der Waals surface area contributed by atoms with Gasteiger partial charge in [-0.05, 0) is 30.5 Å². The molecule has 0 saturated heterocycles. The predicted octanol–water partition coefficient (Wildman–Crippen LogP) is 1.65. The van der Waals surface area contributed by atoms with Gasteiger partial charge in [0, 0.05) is 13.1 Å². The number of hydrogen-bond donors (Lipinski definition) is 1. The first-order chi connectivity index (χ1) is 11.1. The normalized spacial score (nSPS) is 24.0. The number of carbonyl (C=O) groups excluding carboxylic acids is 2. The van der Waals surface area contributed by atoms with Gasteiger partial charge in [-0.2, -0.15) is 0 Å². The largest absolute Gasteiger partial charge is 0.497 e. The lowest BCUT2D eigenvalue weighted by molar-refractivity contribution is -0.126. The highest BCUT2D eigenvalue weighted by Gasteiger charge is 2.46.